The van der Waals surface area contributed by atoms with Crippen LogP contribution in [0.1, 0.15) is 60.3 Å². The fourth-order valence-corrected chi connectivity index (χ4v) is 4.51. The van der Waals surface area contributed by atoms with Gasteiger partial charge in [0.25, 0.3) is 0 Å². The number of hydrogen-bond donors (Lipinski definition) is 2. The van der Waals surface area contributed by atoms with Crippen LogP contribution in [0, 0.1) is 0 Å². The van der Waals surface area contributed by atoms with Crippen LogP contribution in [-0.4, -0.2) is 16.2 Å². The second kappa shape index (κ2) is 7.83. The molecule has 0 heterocycles. The molecule has 2 N–H and O–H groups in total. The fraction of sp³-hybridized carbons (Fsp3) is 0.207. The molecule has 0 radical (unpaired) electrons. The number of aromatic hydroxyl groups is 1. The molecule has 0 spiro atoms. The molecule has 4 aromatic rings. The molecule has 0 aliphatic carbocycles. The lowest BCUT2D eigenvalue weighted by Crippen LogP contribution is -2.21. The average Bonchev–Trinajstić information content (AvgIpc) is 2.80. The second-order valence-electron chi connectivity index (χ2n) is 9.37. The summed E-state index contributed by atoms with van der Waals surface area (Å²) in [6, 6.07) is 27.9. The summed E-state index contributed by atoms with van der Waals surface area (Å²) in [6.07, 6.45) is 0. The van der Waals surface area contributed by atoms with Crippen molar-refractivity contribution in [1.82, 2.24) is 0 Å². The van der Waals surface area contributed by atoms with Crippen LogP contribution in [0.3, 0.4) is 0 Å². The van der Waals surface area contributed by atoms with Gasteiger partial charge in [-0.3, -0.25) is 0 Å². The van der Waals surface area contributed by atoms with Crippen LogP contribution >= 0.6 is 0 Å². The van der Waals surface area contributed by atoms with Crippen molar-refractivity contribution in [1.29, 1.82) is 0 Å². The van der Waals surface area contributed by atoms with Crippen molar-refractivity contribution in [3.05, 3.63) is 113 Å². The lowest BCUT2D eigenvalue weighted by molar-refractivity contribution is 0.0694. The van der Waals surface area contributed by atoms with Gasteiger partial charge in [-0.2, -0.15) is 0 Å². The third-order valence-electron chi connectivity index (χ3n) is 6.73. The number of aromatic carboxylic acids is 1. The Hall–Kier alpha value is -3.59. The summed E-state index contributed by atoms with van der Waals surface area (Å²) in [5.41, 5.74) is 3.28. The molecule has 0 fully saturated rings. The SMILES string of the molecule is CC(C)(c1ccccc1)c1ccc2c(C(C)(C)c3ccccc3)cc(C(=O)O)c(O)c2c1. The Labute approximate surface area is 189 Å². The molecule has 0 aliphatic rings. The van der Waals surface area contributed by atoms with Crippen LogP contribution in [-0.2, 0) is 10.8 Å². The van der Waals surface area contributed by atoms with Crippen LogP contribution in [0.2, 0.25) is 0 Å². The summed E-state index contributed by atoms with van der Waals surface area (Å²) in [5.74, 6) is -1.33. The van der Waals surface area contributed by atoms with E-state index >= 15 is 0 Å². The Balaban J connectivity index is 2.00. The van der Waals surface area contributed by atoms with Gasteiger partial charge in [0.05, 0.1) is 0 Å². The largest absolute Gasteiger partial charge is 0.506 e. The molecule has 3 nitrogen and oxygen atoms in total. The highest BCUT2D eigenvalue weighted by Gasteiger charge is 2.30. The van der Waals surface area contributed by atoms with Crippen LogP contribution in [0.25, 0.3) is 10.8 Å². The summed E-state index contributed by atoms with van der Waals surface area (Å²) >= 11 is 0. The van der Waals surface area contributed by atoms with E-state index in [0.717, 1.165) is 27.6 Å². The number of rotatable bonds is 5. The first-order valence-corrected chi connectivity index (χ1v) is 10.8. The molecule has 3 heteroatoms. The molecule has 4 aromatic carbocycles. The fourth-order valence-electron chi connectivity index (χ4n) is 4.51. The molecule has 0 saturated carbocycles. The van der Waals surface area contributed by atoms with Gasteiger partial charge in [-0.25, -0.2) is 4.79 Å². The third kappa shape index (κ3) is 3.54. The van der Waals surface area contributed by atoms with Gasteiger partial charge in [0, 0.05) is 16.2 Å². The predicted octanol–water partition coefficient (Wildman–Crippen LogP) is 6.90. The first-order chi connectivity index (χ1) is 15.1. The molecule has 0 unspecified atom stereocenters. The predicted molar refractivity (Wildman–Crippen MR) is 130 cm³/mol. The maximum Gasteiger partial charge on any atom is 0.339 e. The van der Waals surface area contributed by atoms with Crippen molar-refractivity contribution in [3.63, 3.8) is 0 Å². The zero-order valence-electron chi connectivity index (χ0n) is 18.9. The van der Waals surface area contributed by atoms with E-state index in [1.165, 1.54) is 0 Å². The van der Waals surface area contributed by atoms with Crippen molar-refractivity contribution in [2.75, 3.05) is 0 Å². The lowest BCUT2D eigenvalue weighted by atomic mass is 9.73. The molecule has 32 heavy (non-hydrogen) atoms. The molecule has 0 aromatic heterocycles. The van der Waals surface area contributed by atoms with E-state index in [1.807, 2.05) is 60.7 Å². The first kappa shape index (κ1) is 21.6. The Bertz CT molecular complexity index is 1290. The van der Waals surface area contributed by atoms with E-state index in [0.29, 0.717) is 5.39 Å². The van der Waals surface area contributed by atoms with Crippen molar-refractivity contribution in [3.8, 4) is 5.75 Å². The Morgan fingerprint density at radius 1 is 0.656 bits per heavy atom. The zero-order valence-corrected chi connectivity index (χ0v) is 18.9. The summed E-state index contributed by atoms with van der Waals surface area (Å²) in [4.78, 5) is 12.0. The topological polar surface area (TPSA) is 57.5 Å². The normalized spacial score (nSPS) is 12.1. The monoisotopic (exact) mass is 424 g/mol. The minimum absolute atomic E-state index is 0.0776. The van der Waals surface area contributed by atoms with Crippen molar-refractivity contribution in [2.24, 2.45) is 0 Å². The second-order valence-corrected chi connectivity index (χ2v) is 9.37. The molecule has 0 atom stereocenters. The van der Waals surface area contributed by atoms with Gasteiger partial charge < -0.3 is 10.2 Å². The van der Waals surface area contributed by atoms with Gasteiger partial charge in [0.15, 0.2) is 0 Å². The van der Waals surface area contributed by atoms with Gasteiger partial charge in [0.1, 0.15) is 11.3 Å². The van der Waals surface area contributed by atoms with Crippen LogP contribution in [0.5, 0.6) is 5.75 Å². The molecule has 0 bridgehead atoms. The van der Waals surface area contributed by atoms with Gasteiger partial charge in [-0.1, -0.05) is 100 Å². The first-order valence-electron chi connectivity index (χ1n) is 10.8. The van der Waals surface area contributed by atoms with E-state index < -0.39 is 11.4 Å². The van der Waals surface area contributed by atoms with Gasteiger partial charge in [-0.05, 0) is 39.8 Å². The number of carboxylic acids is 1. The quantitative estimate of drug-likeness (QED) is 0.366. The van der Waals surface area contributed by atoms with E-state index in [9.17, 15) is 15.0 Å². The van der Waals surface area contributed by atoms with E-state index in [-0.39, 0.29) is 16.7 Å². The number of benzene rings is 4. The van der Waals surface area contributed by atoms with Crippen molar-refractivity contribution < 1.29 is 15.0 Å². The minimum Gasteiger partial charge on any atom is -0.506 e. The summed E-state index contributed by atoms with van der Waals surface area (Å²) in [5, 5.41) is 22.2. The Morgan fingerprint density at radius 2 is 1.19 bits per heavy atom. The summed E-state index contributed by atoms with van der Waals surface area (Å²) in [7, 11) is 0. The number of fused-ring (bicyclic) bond motifs is 1. The number of phenols is 1. The number of carboxylic acid groups (broad SMARTS) is 1. The number of hydrogen-bond acceptors (Lipinski definition) is 2. The summed E-state index contributed by atoms with van der Waals surface area (Å²) < 4.78 is 0. The molecule has 0 aliphatic heterocycles. The highest BCUT2D eigenvalue weighted by atomic mass is 16.4. The van der Waals surface area contributed by atoms with E-state index in [1.54, 1.807) is 6.07 Å². The molecule has 162 valence electrons. The van der Waals surface area contributed by atoms with Crippen LogP contribution in [0.15, 0.2) is 84.9 Å². The number of carbonyl (C=O) groups is 1. The molecular formula is C29H28O3. The molecule has 0 saturated heterocycles. The van der Waals surface area contributed by atoms with E-state index in [4.69, 9.17) is 0 Å². The Morgan fingerprint density at radius 3 is 1.72 bits per heavy atom. The summed E-state index contributed by atoms with van der Waals surface area (Å²) in [6.45, 7) is 8.44. The van der Waals surface area contributed by atoms with E-state index in [2.05, 4.69) is 45.9 Å². The van der Waals surface area contributed by atoms with Crippen molar-refractivity contribution in [2.45, 2.75) is 38.5 Å². The highest BCUT2D eigenvalue weighted by Crippen LogP contribution is 2.43. The molecule has 0 amide bonds. The zero-order chi connectivity index (χ0) is 23.1. The smallest absolute Gasteiger partial charge is 0.339 e. The molecule has 4 rings (SSSR count). The maximum atomic E-state index is 12.0. The van der Waals surface area contributed by atoms with Gasteiger partial charge >= 0.3 is 5.97 Å². The maximum absolute atomic E-state index is 12.0. The Kier molecular flexibility index (Phi) is 5.29. The standard InChI is InChI=1S/C29H28O3/c1-28(2,19-11-7-5-8-12-19)21-15-16-22-23(17-21)26(30)24(27(31)32)18-25(22)29(3,4)20-13-9-6-10-14-20/h5-18,30H,1-4H3,(H,31,32). The minimum atomic E-state index is -1.14. The van der Waals surface area contributed by atoms with Gasteiger partial charge in [-0.15, -0.1) is 0 Å². The molecular weight excluding hydrogens is 396 g/mol. The van der Waals surface area contributed by atoms with Crippen LogP contribution in [0.4, 0.5) is 0 Å². The van der Waals surface area contributed by atoms with Crippen molar-refractivity contribution >= 4 is 16.7 Å². The van der Waals surface area contributed by atoms with Gasteiger partial charge in [0.2, 0.25) is 0 Å². The highest BCUT2D eigenvalue weighted by molar-refractivity contribution is 6.02. The average molecular weight is 425 g/mol. The third-order valence-corrected chi connectivity index (χ3v) is 6.73. The van der Waals surface area contributed by atoms with Crippen LogP contribution < -0.4 is 0 Å². The lowest BCUT2D eigenvalue weighted by Gasteiger charge is -2.30.